The van der Waals surface area contributed by atoms with Crippen molar-refractivity contribution in [2.75, 3.05) is 13.7 Å². The molecule has 4 nitrogen and oxygen atoms in total. The molecule has 0 radical (unpaired) electrons. The van der Waals surface area contributed by atoms with E-state index in [1.165, 1.54) is 0 Å². The van der Waals surface area contributed by atoms with Gasteiger partial charge in [0.05, 0.1) is 6.10 Å². The molecule has 3 unspecified atom stereocenters. The van der Waals surface area contributed by atoms with Crippen LogP contribution >= 0.6 is 24.0 Å². The van der Waals surface area contributed by atoms with Gasteiger partial charge in [-0.3, -0.25) is 4.99 Å². The van der Waals surface area contributed by atoms with Gasteiger partial charge in [-0.1, -0.05) is 27.7 Å². The lowest BCUT2D eigenvalue weighted by molar-refractivity contribution is -0.163. The Labute approximate surface area is 135 Å². The first-order chi connectivity index (χ1) is 8.57. The van der Waals surface area contributed by atoms with Crippen molar-refractivity contribution < 1.29 is 4.74 Å². The number of hydrogen-bond acceptors (Lipinski definition) is 2. The summed E-state index contributed by atoms with van der Waals surface area (Å²) in [4.78, 5) is 4.33. The molecule has 0 bridgehead atoms. The van der Waals surface area contributed by atoms with Gasteiger partial charge in [0.15, 0.2) is 5.96 Å². The van der Waals surface area contributed by atoms with Crippen molar-refractivity contribution in [1.82, 2.24) is 5.32 Å². The number of methoxy groups -OCH3 is 1. The molecule has 0 spiro atoms. The largest absolute Gasteiger partial charge is 0.380 e. The van der Waals surface area contributed by atoms with E-state index in [9.17, 15) is 0 Å². The molecule has 3 atom stereocenters. The fourth-order valence-electron chi connectivity index (χ4n) is 3.53. The Morgan fingerprint density at radius 1 is 1.32 bits per heavy atom. The van der Waals surface area contributed by atoms with E-state index in [0.29, 0.717) is 24.0 Å². The Morgan fingerprint density at radius 3 is 2.32 bits per heavy atom. The molecule has 0 aliphatic heterocycles. The number of ether oxygens (including phenoxy) is 1. The fraction of sp³-hybridized carbons (Fsp3) is 0.929. The highest BCUT2D eigenvalue weighted by Crippen LogP contribution is 2.52. The third-order valence-electron chi connectivity index (χ3n) is 4.57. The van der Waals surface area contributed by atoms with Crippen molar-refractivity contribution in [1.29, 1.82) is 0 Å². The van der Waals surface area contributed by atoms with E-state index in [-0.39, 0.29) is 29.4 Å². The number of aliphatic imine (C=N–C) groups is 1. The lowest BCUT2D eigenvalue weighted by Gasteiger charge is -2.59. The maximum atomic E-state index is 5.95. The van der Waals surface area contributed by atoms with Gasteiger partial charge < -0.3 is 15.8 Å². The Balaban J connectivity index is 0.00000324. The van der Waals surface area contributed by atoms with Crippen LogP contribution in [0.15, 0.2) is 4.99 Å². The standard InChI is InChI=1S/C14H29N3O.HI/c1-6-9-16-13(15)17-11-10(4)12(18-5)14(11,7-2)8-3;/h10-12H,6-9H2,1-5H3,(H3,15,16,17);1H. The summed E-state index contributed by atoms with van der Waals surface area (Å²) >= 11 is 0. The first-order valence-corrected chi connectivity index (χ1v) is 7.16. The van der Waals surface area contributed by atoms with Crippen LogP contribution in [0.4, 0.5) is 0 Å². The molecule has 1 saturated carbocycles. The number of nitrogens with one attached hydrogen (secondary N) is 1. The molecule has 1 rings (SSSR count). The zero-order chi connectivity index (χ0) is 13.8. The number of nitrogens with zero attached hydrogens (tertiary/aromatic N) is 1. The average molecular weight is 383 g/mol. The highest BCUT2D eigenvalue weighted by Gasteiger charge is 2.58. The van der Waals surface area contributed by atoms with Crippen molar-refractivity contribution >= 4 is 29.9 Å². The lowest BCUT2D eigenvalue weighted by atomic mass is 9.53. The molecule has 0 aromatic carbocycles. The molecule has 1 aliphatic carbocycles. The maximum Gasteiger partial charge on any atom is 0.188 e. The van der Waals surface area contributed by atoms with Crippen LogP contribution in [-0.2, 0) is 4.74 Å². The highest BCUT2D eigenvalue weighted by atomic mass is 127. The van der Waals surface area contributed by atoms with Gasteiger partial charge in [0, 0.05) is 31.0 Å². The van der Waals surface area contributed by atoms with E-state index in [0.717, 1.165) is 25.8 Å². The van der Waals surface area contributed by atoms with Gasteiger partial charge in [0.2, 0.25) is 0 Å². The average Bonchev–Trinajstić information content (AvgIpc) is 2.39. The maximum absolute atomic E-state index is 5.95. The van der Waals surface area contributed by atoms with E-state index in [4.69, 9.17) is 10.5 Å². The van der Waals surface area contributed by atoms with Crippen molar-refractivity contribution in [3.63, 3.8) is 0 Å². The second-order valence-electron chi connectivity index (χ2n) is 5.34. The number of hydrogen-bond donors (Lipinski definition) is 2. The van der Waals surface area contributed by atoms with Gasteiger partial charge in [0.25, 0.3) is 0 Å². The fourth-order valence-corrected chi connectivity index (χ4v) is 3.53. The predicted octanol–water partition coefficient (Wildman–Crippen LogP) is 2.76. The number of halogens is 1. The Kier molecular flexibility index (Phi) is 8.27. The van der Waals surface area contributed by atoms with Crippen molar-refractivity contribution in [3.05, 3.63) is 0 Å². The van der Waals surface area contributed by atoms with E-state index >= 15 is 0 Å². The summed E-state index contributed by atoms with van der Waals surface area (Å²) in [5, 5.41) is 3.41. The quantitative estimate of drug-likeness (QED) is 0.421. The third-order valence-corrected chi connectivity index (χ3v) is 4.57. The number of nitrogens with two attached hydrogens (primary N) is 1. The van der Waals surface area contributed by atoms with Gasteiger partial charge >= 0.3 is 0 Å². The molecule has 114 valence electrons. The van der Waals surface area contributed by atoms with Crippen molar-refractivity contribution in [2.45, 2.75) is 59.1 Å². The van der Waals surface area contributed by atoms with E-state index in [1.807, 2.05) is 7.11 Å². The minimum Gasteiger partial charge on any atom is -0.380 e. The van der Waals surface area contributed by atoms with Crippen molar-refractivity contribution in [3.8, 4) is 0 Å². The summed E-state index contributed by atoms with van der Waals surface area (Å²) in [6, 6.07) is 0.373. The summed E-state index contributed by atoms with van der Waals surface area (Å²) in [5.41, 5.74) is 6.14. The zero-order valence-corrected chi connectivity index (χ0v) is 15.2. The molecular formula is C14H30IN3O. The summed E-state index contributed by atoms with van der Waals surface area (Å²) in [7, 11) is 1.81. The zero-order valence-electron chi connectivity index (χ0n) is 12.9. The molecule has 5 heteroatoms. The van der Waals surface area contributed by atoms with Crippen LogP contribution in [-0.4, -0.2) is 31.8 Å². The van der Waals surface area contributed by atoms with Crippen LogP contribution < -0.4 is 11.1 Å². The summed E-state index contributed by atoms with van der Waals surface area (Å²) < 4.78 is 5.67. The Hall–Kier alpha value is -0.0400. The smallest absolute Gasteiger partial charge is 0.188 e. The number of rotatable bonds is 6. The normalized spacial score (nSPS) is 29.3. The lowest BCUT2D eigenvalue weighted by Crippen LogP contribution is -2.70. The molecule has 0 heterocycles. The van der Waals surface area contributed by atoms with Crippen LogP contribution in [0.25, 0.3) is 0 Å². The van der Waals surface area contributed by atoms with Crippen molar-refractivity contribution in [2.24, 2.45) is 22.1 Å². The minimum absolute atomic E-state index is 0. The molecule has 0 aromatic heterocycles. The SMILES string of the molecule is CCCN=C(N)NC1C(C)C(OC)C1(CC)CC.I. The van der Waals surface area contributed by atoms with Gasteiger partial charge in [-0.25, -0.2) is 0 Å². The summed E-state index contributed by atoms with van der Waals surface area (Å²) in [5.74, 6) is 1.06. The van der Waals surface area contributed by atoms with Crippen LogP contribution in [0, 0.1) is 11.3 Å². The first-order valence-electron chi connectivity index (χ1n) is 7.16. The van der Waals surface area contributed by atoms with Gasteiger partial charge in [-0.15, -0.1) is 24.0 Å². The molecule has 19 heavy (non-hydrogen) atoms. The summed E-state index contributed by atoms with van der Waals surface area (Å²) in [6.45, 7) is 9.58. The minimum atomic E-state index is 0. The molecular weight excluding hydrogens is 353 g/mol. The topological polar surface area (TPSA) is 59.6 Å². The molecule has 0 aromatic rings. The first kappa shape index (κ1) is 19.0. The van der Waals surface area contributed by atoms with E-state index < -0.39 is 0 Å². The highest BCUT2D eigenvalue weighted by molar-refractivity contribution is 14.0. The second kappa shape index (κ2) is 8.29. The van der Waals surface area contributed by atoms with E-state index in [2.05, 4.69) is 38.0 Å². The van der Waals surface area contributed by atoms with E-state index in [1.54, 1.807) is 0 Å². The van der Waals surface area contributed by atoms with Gasteiger partial charge in [0.1, 0.15) is 0 Å². The second-order valence-corrected chi connectivity index (χ2v) is 5.34. The summed E-state index contributed by atoms with van der Waals surface area (Å²) in [6.07, 6.45) is 3.55. The Bertz CT molecular complexity index is 292. The Morgan fingerprint density at radius 2 is 1.89 bits per heavy atom. The third kappa shape index (κ3) is 3.54. The molecule has 1 aliphatic rings. The monoisotopic (exact) mass is 383 g/mol. The van der Waals surface area contributed by atoms with Crippen LogP contribution in [0.3, 0.4) is 0 Å². The van der Waals surface area contributed by atoms with Crippen LogP contribution in [0.5, 0.6) is 0 Å². The predicted molar refractivity (Wildman–Crippen MR) is 92.1 cm³/mol. The molecule has 0 amide bonds. The molecule has 0 saturated heterocycles. The van der Waals surface area contributed by atoms with Gasteiger partial charge in [-0.05, 0) is 19.3 Å². The number of guanidine groups is 1. The van der Waals surface area contributed by atoms with Crippen LogP contribution in [0.2, 0.25) is 0 Å². The van der Waals surface area contributed by atoms with Gasteiger partial charge in [-0.2, -0.15) is 0 Å². The van der Waals surface area contributed by atoms with Crippen LogP contribution in [0.1, 0.15) is 47.0 Å². The molecule has 3 N–H and O–H groups in total. The molecule has 1 fully saturated rings.